The first kappa shape index (κ1) is 16.8. The van der Waals surface area contributed by atoms with Crippen LogP contribution in [0.2, 0.25) is 0 Å². The number of hydrogen-bond donors (Lipinski definition) is 1. The van der Waals surface area contributed by atoms with Gasteiger partial charge in [-0.05, 0) is 6.92 Å². The van der Waals surface area contributed by atoms with Crippen molar-refractivity contribution >= 4 is 0 Å². The molecule has 80 valence electrons. The van der Waals surface area contributed by atoms with E-state index in [2.05, 4.69) is 29.5 Å². The van der Waals surface area contributed by atoms with Crippen LogP contribution in [0, 0.1) is 19.9 Å². The second kappa shape index (κ2) is 11.5. The molecule has 0 radical (unpaired) electrons. The van der Waals surface area contributed by atoms with Crippen LogP contribution in [0.4, 0.5) is 0 Å². The summed E-state index contributed by atoms with van der Waals surface area (Å²) in [6.07, 6.45) is 3.53. The summed E-state index contributed by atoms with van der Waals surface area (Å²) in [6.45, 7) is 12.5. The molecule has 0 aliphatic carbocycles. The average molecular weight is 238 g/mol. The third-order valence-corrected chi connectivity index (χ3v) is 1.41. The molecule has 1 aromatic heterocycles. The van der Waals surface area contributed by atoms with Gasteiger partial charge >= 0.3 is 21.7 Å². The normalized spacial score (nSPS) is 8.13. The number of aromatic amines is 1. The van der Waals surface area contributed by atoms with Gasteiger partial charge in [-0.25, -0.2) is 12.1 Å². The number of nitrogens with zero attached hydrogens (tertiary/aromatic N) is 1. The zero-order valence-corrected chi connectivity index (χ0v) is 11.1. The van der Waals surface area contributed by atoms with Crippen molar-refractivity contribution in [3.63, 3.8) is 0 Å². The van der Waals surface area contributed by atoms with Gasteiger partial charge in [0.05, 0.1) is 0 Å². The molecule has 0 fully saturated rings. The first-order chi connectivity index (χ1) is 6.70. The predicted molar refractivity (Wildman–Crippen MR) is 62.6 cm³/mol. The van der Waals surface area contributed by atoms with Crippen LogP contribution in [0.5, 0.6) is 0 Å². The number of hydrogen-bond acceptors (Lipinski definition) is 0. The standard InChI is InChI=1S/C6H8N.C6H10N.Ti/c1-5-3-4-6(2)7-5;1-3-5-7-6-4-2;/h3,7H,1-2H3;3-4H,1-2,5-6H2;/q2*-1;+2. The molecule has 0 aliphatic heterocycles. The largest absolute Gasteiger partial charge is 2.00 e. The van der Waals surface area contributed by atoms with E-state index < -0.39 is 0 Å². The van der Waals surface area contributed by atoms with E-state index in [1.165, 1.54) is 5.69 Å². The fraction of sp³-hybridized carbons (Fsp3) is 0.333. The molecule has 0 saturated carbocycles. The summed E-state index contributed by atoms with van der Waals surface area (Å²) in [5.41, 5.74) is 2.29. The fourth-order valence-electron chi connectivity index (χ4n) is 0.842. The topological polar surface area (TPSA) is 29.9 Å². The second-order valence-corrected chi connectivity index (χ2v) is 2.89. The quantitative estimate of drug-likeness (QED) is 0.361. The van der Waals surface area contributed by atoms with Gasteiger partial charge in [0.25, 0.3) is 0 Å². The minimum absolute atomic E-state index is 0. The van der Waals surface area contributed by atoms with Gasteiger partial charge in [-0.2, -0.15) is 0 Å². The monoisotopic (exact) mass is 238 g/mol. The van der Waals surface area contributed by atoms with Gasteiger partial charge in [0.1, 0.15) is 0 Å². The van der Waals surface area contributed by atoms with Crippen molar-refractivity contribution in [1.82, 2.24) is 4.98 Å². The van der Waals surface area contributed by atoms with Crippen molar-refractivity contribution < 1.29 is 21.7 Å². The van der Waals surface area contributed by atoms with Crippen molar-refractivity contribution in [2.75, 3.05) is 13.1 Å². The van der Waals surface area contributed by atoms with Gasteiger partial charge in [-0.1, -0.05) is 12.6 Å². The van der Waals surface area contributed by atoms with Crippen molar-refractivity contribution in [1.29, 1.82) is 0 Å². The molecular formula is C12H18N2Ti. The second-order valence-electron chi connectivity index (χ2n) is 2.89. The minimum Gasteiger partial charge on any atom is -0.656 e. The molecular weight excluding hydrogens is 220 g/mol. The van der Waals surface area contributed by atoms with Crippen LogP contribution >= 0.6 is 0 Å². The van der Waals surface area contributed by atoms with Crippen LogP contribution in [0.15, 0.2) is 31.4 Å². The van der Waals surface area contributed by atoms with Gasteiger partial charge in [0.15, 0.2) is 0 Å². The van der Waals surface area contributed by atoms with Gasteiger partial charge in [-0.15, -0.1) is 44.1 Å². The predicted octanol–water partition coefficient (Wildman–Crippen LogP) is 3.16. The molecule has 0 spiro atoms. The van der Waals surface area contributed by atoms with Crippen molar-refractivity contribution in [2.24, 2.45) is 0 Å². The SMILES string of the molecule is C=CC[N-]CC=C.Cc1[c-]cc(C)[nH]1.[Ti+2]. The number of aromatic nitrogens is 1. The Morgan fingerprint density at radius 3 is 2.07 bits per heavy atom. The van der Waals surface area contributed by atoms with E-state index in [0.717, 1.165) is 18.8 Å². The van der Waals surface area contributed by atoms with E-state index >= 15 is 0 Å². The van der Waals surface area contributed by atoms with Crippen LogP contribution in [-0.2, 0) is 21.7 Å². The van der Waals surface area contributed by atoms with E-state index in [1.54, 1.807) is 12.2 Å². The summed E-state index contributed by atoms with van der Waals surface area (Å²) in [6, 6.07) is 4.95. The number of nitrogens with one attached hydrogen (secondary N) is 1. The minimum atomic E-state index is 0. The Hall–Kier alpha value is -0.566. The summed E-state index contributed by atoms with van der Waals surface area (Å²) in [5.74, 6) is 0. The average Bonchev–Trinajstić information content (AvgIpc) is 2.52. The van der Waals surface area contributed by atoms with E-state index in [-0.39, 0.29) is 21.7 Å². The Balaban J connectivity index is 0. The number of aryl methyl sites for hydroxylation is 2. The Morgan fingerprint density at radius 1 is 1.33 bits per heavy atom. The van der Waals surface area contributed by atoms with Crippen LogP contribution < -0.4 is 0 Å². The van der Waals surface area contributed by atoms with Crippen molar-refractivity contribution in [3.05, 3.63) is 54.1 Å². The first-order valence-electron chi connectivity index (χ1n) is 4.59. The molecule has 0 atom stereocenters. The van der Waals surface area contributed by atoms with E-state index in [0.29, 0.717) is 0 Å². The molecule has 1 rings (SSSR count). The molecule has 0 unspecified atom stereocenters. The maximum absolute atomic E-state index is 3.97. The van der Waals surface area contributed by atoms with Gasteiger partial charge < -0.3 is 10.3 Å². The zero-order valence-electron chi connectivity index (χ0n) is 9.51. The number of H-pyrrole nitrogens is 1. The van der Waals surface area contributed by atoms with Crippen molar-refractivity contribution in [3.8, 4) is 0 Å². The Morgan fingerprint density at radius 2 is 1.87 bits per heavy atom. The van der Waals surface area contributed by atoms with Crippen LogP contribution in [-0.4, -0.2) is 18.1 Å². The molecule has 1 aromatic rings. The van der Waals surface area contributed by atoms with Gasteiger partial charge in [0, 0.05) is 0 Å². The molecule has 15 heavy (non-hydrogen) atoms. The summed E-state index contributed by atoms with van der Waals surface area (Å²) in [7, 11) is 0. The smallest absolute Gasteiger partial charge is 0.656 e. The Bertz CT molecular complexity index is 242. The molecule has 0 aromatic carbocycles. The molecule has 0 amide bonds. The van der Waals surface area contributed by atoms with E-state index in [9.17, 15) is 0 Å². The summed E-state index contributed by atoms with van der Waals surface area (Å²) in [5, 5.41) is 3.97. The molecule has 0 aliphatic rings. The first-order valence-corrected chi connectivity index (χ1v) is 4.59. The Labute approximate surface area is 108 Å². The summed E-state index contributed by atoms with van der Waals surface area (Å²) >= 11 is 0. The molecule has 2 nitrogen and oxygen atoms in total. The van der Waals surface area contributed by atoms with Gasteiger partial charge in [-0.3, -0.25) is 0 Å². The maximum Gasteiger partial charge on any atom is 2.00 e. The summed E-state index contributed by atoms with van der Waals surface area (Å²) < 4.78 is 0. The summed E-state index contributed by atoms with van der Waals surface area (Å²) in [4.78, 5) is 3.08. The van der Waals surface area contributed by atoms with Crippen LogP contribution in [0.3, 0.4) is 0 Å². The molecule has 1 heterocycles. The molecule has 0 saturated heterocycles. The third-order valence-electron chi connectivity index (χ3n) is 1.41. The van der Waals surface area contributed by atoms with Crippen LogP contribution in [0.25, 0.3) is 5.32 Å². The third kappa shape index (κ3) is 11.4. The molecule has 1 N–H and O–H groups in total. The zero-order chi connectivity index (χ0) is 10.8. The van der Waals surface area contributed by atoms with E-state index in [4.69, 9.17) is 0 Å². The Kier molecular flexibility index (Phi) is 12.9. The maximum atomic E-state index is 3.97. The fourth-order valence-corrected chi connectivity index (χ4v) is 0.842. The van der Waals surface area contributed by atoms with E-state index in [1.807, 2.05) is 19.9 Å². The molecule has 0 bridgehead atoms. The van der Waals surface area contributed by atoms with Gasteiger partial charge in [0.2, 0.25) is 0 Å². The molecule has 3 heteroatoms. The van der Waals surface area contributed by atoms with Crippen molar-refractivity contribution in [2.45, 2.75) is 13.8 Å². The van der Waals surface area contributed by atoms with Crippen LogP contribution in [0.1, 0.15) is 11.4 Å². The number of rotatable bonds is 4.